The minimum absolute atomic E-state index is 0.0651. The number of halogens is 1. The van der Waals surface area contributed by atoms with Crippen LogP contribution in [0.5, 0.6) is 0 Å². The van der Waals surface area contributed by atoms with Gasteiger partial charge >= 0.3 is 21.3 Å². The molecule has 1 atom stereocenters. The maximum atomic E-state index is 13.1. The fourth-order valence-corrected chi connectivity index (χ4v) is 5.77. The van der Waals surface area contributed by atoms with Crippen LogP contribution in [0.15, 0.2) is 30.5 Å². The quantitative estimate of drug-likeness (QED) is 0.162. The van der Waals surface area contributed by atoms with Crippen molar-refractivity contribution in [1.29, 1.82) is 0 Å². The average molecular weight is 567 g/mol. The molecule has 1 aromatic heterocycles. The first-order chi connectivity index (χ1) is 16.8. The van der Waals surface area contributed by atoms with Crippen molar-refractivity contribution in [3.8, 4) is 0 Å². The van der Waals surface area contributed by atoms with E-state index in [1.165, 1.54) is 11.1 Å². The number of nitrogens with two attached hydrogens (primary N) is 1. The number of amides is 2. The summed E-state index contributed by atoms with van der Waals surface area (Å²) in [6.45, 7) is 2.02. The Balaban J connectivity index is 2.10. The highest BCUT2D eigenvalue weighted by Crippen LogP contribution is 2.58. The molecule has 0 radical (unpaired) electrons. The van der Waals surface area contributed by atoms with Crippen LogP contribution in [0.2, 0.25) is 5.02 Å². The van der Waals surface area contributed by atoms with E-state index in [9.17, 15) is 18.7 Å². The molecule has 0 aliphatic rings. The molecule has 0 bridgehead atoms. The second-order valence-electron chi connectivity index (χ2n) is 7.98. The van der Waals surface area contributed by atoms with Gasteiger partial charge in [0.15, 0.2) is 0 Å². The zero-order chi connectivity index (χ0) is 27.1. The highest BCUT2D eigenvalue weighted by molar-refractivity contribution is 7.70. The fraction of sp³-hybridized carbons (Fsp3) is 0.450. The Bertz CT molecular complexity index is 1150. The van der Waals surface area contributed by atoms with Gasteiger partial charge in [-0.15, -0.1) is 0 Å². The zero-order valence-corrected chi connectivity index (χ0v) is 21.9. The Labute approximate surface area is 212 Å². The maximum absolute atomic E-state index is 13.1. The number of pyridine rings is 1. The smallest absolute Gasteiger partial charge is 0.414 e. The van der Waals surface area contributed by atoms with Gasteiger partial charge in [-0.3, -0.25) is 23.8 Å². The van der Waals surface area contributed by atoms with Crippen molar-refractivity contribution in [2.75, 3.05) is 18.1 Å². The van der Waals surface area contributed by atoms with Crippen molar-refractivity contribution >= 4 is 55.4 Å². The lowest BCUT2D eigenvalue weighted by Crippen LogP contribution is -2.40. The zero-order valence-electron chi connectivity index (χ0n) is 19.4. The number of hydrogen-bond acceptors (Lipinski definition) is 7. The standard InChI is InChI=1S/C20H29ClN4O9P2/c1-13(4-2-9-22)25(17-8-10-23-16-12-14(21)6-7-15(16)17)20(27)34-11-3-5-18(26)24-19(35(28,29)30)36(31,32)33/h6-8,10,12-13,19H,2-5,9,11,22H2,1H3,(H,24,26)(H2,28,29,30)(H2,31,32,33). The number of carbonyl (C=O) groups is 2. The number of carbonyl (C=O) groups excluding carboxylic acids is 2. The average Bonchev–Trinajstić information content (AvgIpc) is 2.77. The number of benzene rings is 1. The molecule has 0 fully saturated rings. The van der Waals surface area contributed by atoms with Gasteiger partial charge in [0.05, 0.1) is 17.8 Å². The Morgan fingerprint density at radius 2 is 1.83 bits per heavy atom. The van der Waals surface area contributed by atoms with E-state index >= 15 is 0 Å². The molecule has 1 aromatic carbocycles. The lowest BCUT2D eigenvalue weighted by atomic mass is 10.1. The Hall–Kier alpha value is -2.08. The molecule has 1 unspecified atom stereocenters. The third-order valence-corrected chi connectivity index (χ3v) is 8.68. The van der Waals surface area contributed by atoms with Gasteiger partial charge in [0.25, 0.3) is 0 Å². The molecule has 0 saturated heterocycles. The van der Waals surface area contributed by atoms with E-state index in [0.29, 0.717) is 41.0 Å². The van der Waals surface area contributed by atoms with E-state index in [2.05, 4.69) is 4.98 Å². The van der Waals surface area contributed by atoms with Gasteiger partial charge in [0, 0.05) is 29.1 Å². The first-order valence-electron chi connectivity index (χ1n) is 10.9. The number of hydrogen-bond donors (Lipinski definition) is 6. The Kier molecular flexibility index (Phi) is 10.8. The van der Waals surface area contributed by atoms with Crippen LogP contribution in [-0.4, -0.2) is 61.3 Å². The van der Waals surface area contributed by atoms with Crippen LogP contribution >= 0.6 is 26.8 Å². The van der Waals surface area contributed by atoms with Crippen LogP contribution in [-0.2, 0) is 18.7 Å². The van der Waals surface area contributed by atoms with Crippen LogP contribution < -0.4 is 16.0 Å². The molecule has 0 aliphatic carbocycles. The van der Waals surface area contributed by atoms with Crippen molar-refractivity contribution in [2.24, 2.45) is 5.73 Å². The van der Waals surface area contributed by atoms with Crippen LogP contribution in [0.25, 0.3) is 10.9 Å². The first-order valence-corrected chi connectivity index (χ1v) is 14.6. The summed E-state index contributed by atoms with van der Waals surface area (Å²) in [6.07, 6.45) is 1.60. The summed E-state index contributed by atoms with van der Waals surface area (Å²) in [5.41, 5.74) is 4.08. The summed E-state index contributed by atoms with van der Waals surface area (Å²) in [7, 11) is -10.6. The van der Waals surface area contributed by atoms with Crippen molar-refractivity contribution < 1.29 is 43.0 Å². The number of ether oxygens (including phenoxy) is 1. The minimum Gasteiger partial charge on any atom is -0.449 e. The second kappa shape index (κ2) is 12.9. The van der Waals surface area contributed by atoms with E-state index < -0.39 is 39.1 Å². The van der Waals surface area contributed by atoms with Crippen LogP contribution in [0.1, 0.15) is 32.6 Å². The predicted octanol–water partition coefficient (Wildman–Crippen LogP) is 2.49. The van der Waals surface area contributed by atoms with Crippen molar-refractivity contribution in [1.82, 2.24) is 10.3 Å². The van der Waals surface area contributed by atoms with Gasteiger partial charge in [-0.2, -0.15) is 0 Å². The van der Waals surface area contributed by atoms with Gasteiger partial charge in [-0.25, -0.2) is 4.79 Å². The van der Waals surface area contributed by atoms with Crippen LogP contribution in [0, 0.1) is 0 Å². The summed E-state index contributed by atoms with van der Waals surface area (Å²) in [4.78, 5) is 67.1. The monoisotopic (exact) mass is 566 g/mol. The van der Waals surface area contributed by atoms with E-state index in [4.69, 9.17) is 41.6 Å². The number of nitrogens with one attached hydrogen (secondary N) is 1. The molecule has 2 rings (SSSR count). The van der Waals surface area contributed by atoms with Crippen molar-refractivity contribution in [3.63, 3.8) is 0 Å². The molecule has 0 spiro atoms. The number of nitrogens with zero attached hydrogens (tertiary/aromatic N) is 2. The molecule has 2 amide bonds. The molecule has 0 aliphatic heterocycles. The topological polar surface area (TPSA) is 213 Å². The molecular formula is C20H29ClN4O9P2. The highest BCUT2D eigenvalue weighted by Gasteiger charge is 2.44. The largest absolute Gasteiger partial charge is 0.449 e. The van der Waals surface area contributed by atoms with Gasteiger partial charge < -0.3 is 35.4 Å². The Morgan fingerprint density at radius 1 is 1.17 bits per heavy atom. The summed E-state index contributed by atoms with van der Waals surface area (Å²) in [5.74, 6) is -1.02. The number of fused-ring (bicyclic) bond motifs is 1. The summed E-state index contributed by atoms with van der Waals surface area (Å²) >= 11 is 6.06. The molecule has 0 saturated carbocycles. The molecule has 7 N–H and O–H groups in total. The van der Waals surface area contributed by atoms with Crippen molar-refractivity contribution in [3.05, 3.63) is 35.5 Å². The molecular weight excluding hydrogens is 538 g/mol. The molecule has 16 heteroatoms. The van der Waals surface area contributed by atoms with E-state index in [-0.39, 0.29) is 19.1 Å². The molecule has 2 aromatic rings. The van der Waals surface area contributed by atoms with Gasteiger partial charge in [0.2, 0.25) is 11.4 Å². The summed E-state index contributed by atoms with van der Waals surface area (Å²) < 4.78 is 27.9. The van der Waals surface area contributed by atoms with Gasteiger partial charge in [0.1, 0.15) is 0 Å². The van der Waals surface area contributed by atoms with Crippen LogP contribution in [0.3, 0.4) is 0 Å². The van der Waals surface area contributed by atoms with Crippen molar-refractivity contribution in [2.45, 2.75) is 44.2 Å². The fourth-order valence-electron chi connectivity index (χ4n) is 3.42. The first kappa shape index (κ1) is 30.1. The van der Waals surface area contributed by atoms with Gasteiger partial charge in [-0.1, -0.05) is 11.6 Å². The van der Waals surface area contributed by atoms with E-state index in [0.717, 1.165) is 0 Å². The predicted molar refractivity (Wildman–Crippen MR) is 134 cm³/mol. The Morgan fingerprint density at radius 3 is 2.44 bits per heavy atom. The molecule has 13 nitrogen and oxygen atoms in total. The number of rotatable bonds is 12. The lowest BCUT2D eigenvalue weighted by Gasteiger charge is -2.29. The lowest BCUT2D eigenvalue weighted by molar-refractivity contribution is -0.121. The molecule has 1 heterocycles. The SMILES string of the molecule is CC(CCCN)N(C(=O)OCCCC(=O)NC(P(=O)(O)O)P(=O)(O)O)c1ccnc2cc(Cl)ccc12. The second-order valence-corrected chi connectivity index (χ2v) is 12.2. The van der Waals surface area contributed by atoms with E-state index in [1.54, 1.807) is 29.6 Å². The molecule has 200 valence electrons. The third kappa shape index (κ3) is 8.50. The third-order valence-electron chi connectivity index (χ3n) is 5.11. The summed E-state index contributed by atoms with van der Waals surface area (Å²) in [5, 5.41) is 2.80. The van der Waals surface area contributed by atoms with Gasteiger partial charge in [-0.05, 0) is 57.0 Å². The highest BCUT2D eigenvalue weighted by atomic mass is 35.5. The van der Waals surface area contributed by atoms with E-state index in [1.807, 2.05) is 6.92 Å². The minimum atomic E-state index is -5.31. The molecule has 36 heavy (non-hydrogen) atoms. The normalized spacial score (nSPS) is 13.0. The maximum Gasteiger partial charge on any atom is 0.414 e. The number of aromatic nitrogens is 1. The van der Waals surface area contributed by atoms with Crippen LogP contribution in [0.4, 0.5) is 10.5 Å². The summed E-state index contributed by atoms with van der Waals surface area (Å²) in [6, 6.07) is 6.42. The number of anilines is 1.